The van der Waals surface area contributed by atoms with Gasteiger partial charge in [0.2, 0.25) is 0 Å². The number of nitrogens with zero attached hydrogens (tertiary/aromatic N) is 1. The maximum Gasteiger partial charge on any atom is 0.416 e. The molecule has 0 bridgehead atoms. The van der Waals surface area contributed by atoms with E-state index >= 15 is 0 Å². The lowest BCUT2D eigenvalue weighted by Gasteiger charge is -2.08. The second-order valence-corrected chi connectivity index (χ2v) is 6.51. The molecule has 24 heavy (non-hydrogen) atoms. The van der Waals surface area contributed by atoms with Crippen molar-refractivity contribution in [2.75, 3.05) is 5.32 Å². The molecule has 0 unspecified atom stereocenters. The number of benzene rings is 2. The molecule has 0 aliphatic rings. The van der Waals surface area contributed by atoms with Crippen LogP contribution in [0.1, 0.15) is 5.56 Å². The molecule has 0 amide bonds. The van der Waals surface area contributed by atoms with Gasteiger partial charge in [-0.25, -0.2) is 4.98 Å². The Labute approximate surface area is 149 Å². The van der Waals surface area contributed by atoms with Crippen molar-refractivity contribution in [1.29, 1.82) is 0 Å². The molecule has 0 aliphatic carbocycles. The first-order chi connectivity index (χ1) is 11.3. The topological polar surface area (TPSA) is 24.9 Å². The summed E-state index contributed by atoms with van der Waals surface area (Å²) in [5.74, 6) is 0. The summed E-state index contributed by atoms with van der Waals surface area (Å²) in [4.78, 5) is 4.38. The molecule has 0 fully saturated rings. The Morgan fingerprint density at radius 3 is 2.17 bits per heavy atom. The zero-order chi connectivity index (χ0) is 17.3. The third-order valence-electron chi connectivity index (χ3n) is 3.19. The van der Waals surface area contributed by atoms with Crippen molar-refractivity contribution in [3.05, 3.63) is 63.5 Å². The van der Waals surface area contributed by atoms with E-state index in [1.807, 2.05) is 0 Å². The average Bonchev–Trinajstić information content (AvgIpc) is 2.95. The van der Waals surface area contributed by atoms with Gasteiger partial charge in [-0.2, -0.15) is 13.2 Å². The first-order valence-electron chi connectivity index (χ1n) is 6.69. The molecule has 1 aromatic heterocycles. The van der Waals surface area contributed by atoms with E-state index in [1.54, 1.807) is 23.6 Å². The van der Waals surface area contributed by atoms with Crippen LogP contribution in [0.15, 0.2) is 47.8 Å². The second-order valence-electron chi connectivity index (χ2n) is 4.83. The molecule has 2 aromatic carbocycles. The van der Waals surface area contributed by atoms with Gasteiger partial charge >= 0.3 is 6.18 Å². The Balaban J connectivity index is 1.82. The molecule has 3 rings (SSSR count). The number of aromatic nitrogens is 1. The number of thiazole rings is 1. The van der Waals surface area contributed by atoms with Crippen LogP contribution in [0.25, 0.3) is 11.3 Å². The van der Waals surface area contributed by atoms with Crippen molar-refractivity contribution in [2.24, 2.45) is 0 Å². The van der Waals surface area contributed by atoms with Crippen LogP contribution in [0.4, 0.5) is 24.0 Å². The molecule has 124 valence electrons. The number of anilines is 2. The van der Waals surface area contributed by atoms with E-state index in [0.717, 1.165) is 12.1 Å². The molecule has 0 atom stereocenters. The minimum atomic E-state index is -4.35. The van der Waals surface area contributed by atoms with Crippen molar-refractivity contribution < 1.29 is 13.2 Å². The molecule has 0 saturated heterocycles. The minimum absolute atomic E-state index is 0.480. The Kier molecular flexibility index (Phi) is 4.71. The van der Waals surface area contributed by atoms with E-state index in [0.29, 0.717) is 32.1 Å². The molecule has 2 nitrogen and oxygen atoms in total. The monoisotopic (exact) mass is 388 g/mol. The van der Waals surface area contributed by atoms with Crippen LogP contribution >= 0.6 is 34.5 Å². The van der Waals surface area contributed by atoms with E-state index in [2.05, 4.69) is 10.3 Å². The molecule has 0 saturated carbocycles. The van der Waals surface area contributed by atoms with Crippen LogP contribution in [-0.2, 0) is 6.18 Å². The Morgan fingerprint density at radius 2 is 1.58 bits per heavy atom. The van der Waals surface area contributed by atoms with Gasteiger partial charge in [0.05, 0.1) is 21.3 Å². The van der Waals surface area contributed by atoms with Gasteiger partial charge in [0.25, 0.3) is 0 Å². The summed E-state index contributed by atoms with van der Waals surface area (Å²) in [6.07, 6.45) is -4.35. The molecule has 0 spiro atoms. The summed E-state index contributed by atoms with van der Waals surface area (Å²) >= 11 is 13.6. The van der Waals surface area contributed by atoms with E-state index in [1.165, 1.54) is 23.5 Å². The van der Waals surface area contributed by atoms with Gasteiger partial charge in [-0.05, 0) is 36.4 Å². The standard InChI is InChI=1S/C16H9Cl2F3N2S/c17-11-2-1-3-12(18)14(11)13-8-24-15(23-13)22-10-6-4-9(5-7-10)16(19,20)21/h1-8H,(H,22,23). The van der Waals surface area contributed by atoms with Crippen LogP contribution in [0.5, 0.6) is 0 Å². The third kappa shape index (κ3) is 3.66. The number of hydrogen-bond donors (Lipinski definition) is 1. The SMILES string of the molecule is FC(F)(F)c1ccc(Nc2nc(-c3c(Cl)cccc3Cl)cs2)cc1. The number of nitrogens with one attached hydrogen (secondary N) is 1. The number of alkyl halides is 3. The Bertz CT molecular complexity index is 840. The summed E-state index contributed by atoms with van der Waals surface area (Å²) in [5, 5.41) is 6.23. The quantitative estimate of drug-likeness (QED) is 0.528. The van der Waals surface area contributed by atoms with Gasteiger partial charge in [-0.1, -0.05) is 29.3 Å². The molecular formula is C16H9Cl2F3N2S. The molecule has 0 aliphatic heterocycles. The fraction of sp³-hybridized carbons (Fsp3) is 0.0625. The van der Waals surface area contributed by atoms with E-state index in [9.17, 15) is 13.2 Å². The minimum Gasteiger partial charge on any atom is -0.332 e. The average molecular weight is 389 g/mol. The molecule has 0 radical (unpaired) electrons. The van der Waals surface area contributed by atoms with Gasteiger partial charge in [-0.3, -0.25) is 0 Å². The van der Waals surface area contributed by atoms with Crippen LogP contribution in [-0.4, -0.2) is 4.98 Å². The zero-order valence-corrected chi connectivity index (χ0v) is 14.2. The van der Waals surface area contributed by atoms with Gasteiger partial charge < -0.3 is 5.32 Å². The van der Waals surface area contributed by atoms with Crippen LogP contribution in [0, 0.1) is 0 Å². The summed E-state index contributed by atoms with van der Waals surface area (Å²) in [6, 6.07) is 9.90. The smallest absolute Gasteiger partial charge is 0.332 e. The number of halogens is 5. The van der Waals surface area contributed by atoms with Crippen LogP contribution < -0.4 is 5.32 Å². The fourth-order valence-corrected chi connectivity index (χ4v) is 3.37. The predicted molar refractivity (Wildman–Crippen MR) is 92.3 cm³/mol. The van der Waals surface area contributed by atoms with E-state index < -0.39 is 11.7 Å². The Morgan fingerprint density at radius 1 is 0.958 bits per heavy atom. The normalized spacial score (nSPS) is 11.5. The molecular weight excluding hydrogens is 380 g/mol. The highest BCUT2D eigenvalue weighted by Crippen LogP contribution is 2.37. The van der Waals surface area contributed by atoms with E-state index in [4.69, 9.17) is 23.2 Å². The number of hydrogen-bond acceptors (Lipinski definition) is 3. The van der Waals surface area contributed by atoms with Crippen molar-refractivity contribution in [3.8, 4) is 11.3 Å². The van der Waals surface area contributed by atoms with Crippen molar-refractivity contribution in [1.82, 2.24) is 4.98 Å². The summed E-state index contributed by atoms with van der Waals surface area (Å²) in [5.41, 5.74) is 1.03. The Hall–Kier alpha value is -1.76. The van der Waals surface area contributed by atoms with Gasteiger partial charge in [0, 0.05) is 16.6 Å². The third-order valence-corrected chi connectivity index (χ3v) is 4.57. The zero-order valence-electron chi connectivity index (χ0n) is 11.9. The molecule has 3 aromatic rings. The molecule has 1 heterocycles. The van der Waals surface area contributed by atoms with Crippen molar-refractivity contribution >= 4 is 45.4 Å². The highest BCUT2D eigenvalue weighted by atomic mass is 35.5. The maximum absolute atomic E-state index is 12.6. The lowest BCUT2D eigenvalue weighted by atomic mass is 10.2. The van der Waals surface area contributed by atoms with Crippen molar-refractivity contribution in [2.45, 2.75) is 6.18 Å². The largest absolute Gasteiger partial charge is 0.416 e. The van der Waals surface area contributed by atoms with Gasteiger partial charge in [0.15, 0.2) is 5.13 Å². The molecule has 1 N–H and O–H groups in total. The fourth-order valence-electron chi connectivity index (χ4n) is 2.05. The first-order valence-corrected chi connectivity index (χ1v) is 8.32. The van der Waals surface area contributed by atoms with Crippen LogP contribution in [0.3, 0.4) is 0 Å². The van der Waals surface area contributed by atoms with Crippen LogP contribution in [0.2, 0.25) is 10.0 Å². The molecule has 8 heteroatoms. The highest BCUT2D eigenvalue weighted by Gasteiger charge is 2.29. The number of rotatable bonds is 3. The lowest BCUT2D eigenvalue weighted by molar-refractivity contribution is -0.137. The second kappa shape index (κ2) is 6.63. The first kappa shape index (κ1) is 17.1. The van der Waals surface area contributed by atoms with Crippen molar-refractivity contribution in [3.63, 3.8) is 0 Å². The lowest BCUT2D eigenvalue weighted by Crippen LogP contribution is -2.04. The highest BCUT2D eigenvalue weighted by molar-refractivity contribution is 7.14. The van der Waals surface area contributed by atoms with E-state index in [-0.39, 0.29) is 0 Å². The van der Waals surface area contributed by atoms with Gasteiger partial charge in [0.1, 0.15) is 0 Å². The predicted octanol–water partition coefficient (Wildman–Crippen LogP) is 6.88. The summed E-state index contributed by atoms with van der Waals surface area (Å²) < 4.78 is 37.7. The maximum atomic E-state index is 12.6. The van der Waals surface area contributed by atoms with Gasteiger partial charge in [-0.15, -0.1) is 11.3 Å². The summed E-state index contributed by atoms with van der Waals surface area (Å²) in [6.45, 7) is 0. The summed E-state index contributed by atoms with van der Waals surface area (Å²) in [7, 11) is 0.